The lowest BCUT2D eigenvalue weighted by Crippen LogP contribution is -2.26. The Morgan fingerprint density at radius 1 is 1.35 bits per heavy atom. The summed E-state index contributed by atoms with van der Waals surface area (Å²) in [4.78, 5) is 0. The topological polar surface area (TPSA) is 63.3 Å². The number of hydrogen-bond donors (Lipinski definition) is 2. The van der Waals surface area contributed by atoms with Gasteiger partial charge in [-0.25, -0.2) is 0 Å². The van der Waals surface area contributed by atoms with Gasteiger partial charge in [-0.05, 0) is 29.9 Å². The maximum absolute atomic E-state index is 12.4. The third-order valence-corrected chi connectivity index (χ3v) is 6.00. The number of rotatable bonds is 5. The van der Waals surface area contributed by atoms with E-state index in [1.807, 2.05) is 24.3 Å². The van der Waals surface area contributed by atoms with Gasteiger partial charge in [0.1, 0.15) is 0 Å². The first kappa shape index (κ1) is 15.7. The number of aliphatic hydroxyl groups is 1. The molecule has 4 heteroatoms. The van der Waals surface area contributed by atoms with E-state index in [4.69, 9.17) is 5.73 Å². The van der Waals surface area contributed by atoms with Crippen molar-refractivity contribution in [3.05, 3.63) is 35.4 Å². The molecule has 0 bridgehead atoms. The molecule has 1 aromatic rings. The second-order valence-corrected chi connectivity index (χ2v) is 7.66. The normalized spacial score (nSPS) is 26.1. The van der Waals surface area contributed by atoms with Crippen molar-refractivity contribution >= 4 is 10.8 Å². The molecule has 1 aliphatic rings. The molecule has 0 saturated heterocycles. The number of hydrogen-bond acceptors (Lipinski definition) is 3. The summed E-state index contributed by atoms with van der Waals surface area (Å²) in [6.45, 7) is 2.73. The molecule has 0 aromatic heterocycles. The minimum atomic E-state index is -0.940. The number of nitrogens with two attached hydrogens (primary N) is 1. The second kappa shape index (κ2) is 7.34. The smallest absolute Gasteiger partial charge is 0.0905 e. The predicted octanol–water partition coefficient (Wildman–Crippen LogP) is 2.51. The van der Waals surface area contributed by atoms with Crippen LogP contribution in [-0.4, -0.2) is 20.3 Å². The van der Waals surface area contributed by atoms with E-state index in [0.717, 1.165) is 24.0 Å². The van der Waals surface area contributed by atoms with E-state index >= 15 is 0 Å². The Morgan fingerprint density at radius 3 is 2.65 bits per heavy atom. The standard InChI is InChI=1S/C16H25NO2S/c1-12-3-2-4-15(9-12)20(19)11-16(18)14-7-5-13(10-17)6-8-14/h5-8,12,15-16,18H,2-4,9-11,17H2,1H3. The van der Waals surface area contributed by atoms with Crippen LogP contribution in [0.3, 0.4) is 0 Å². The Balaban J connectivity index is 1.92. The zero-order chi connectivity index (χ0) is 14.5. The van der Waals surface area contributed by atoms with Crippen molar-refractivity contribution in [2.24, 2.45) is 11.7 Å². The second-order valence-electron chi connectivity index (χ2n) is 5.90. The van der Waals surface area contributed by atoms with Crippen LogP contribution in [0.25, 0.3) is 0 Å². The average molecular weight is 295 g/mol. The third-order valence-electron chi connectivity index (χ3n) is 4.18. The van der Waals surface area contributed by atoms with Gasteiger partial charge in [0.2, 0.25) is 0 Å². The molecule has 20 heavy (non-hydrogen) atoms. The van der Waals surface area contributed by atoms with Crippen LogP contribution in [-0.2, 0) is 17.3 Å². The highest BCUT2D eigenvalue weighted by Gasteiger charge is 2.25. The van der Waals surface area contributed by atoms with Gasteiger partial charge in [-0.3, -0.25) is 4.21 Å². The summed E-state index contributed by atoms with van der Waals surface area (Å²) in [5.41, 5.74) is 7.43. The summed E-state index contributed by atoms with van der Waals surface area (Å²) in [6.07, 6.45) is 3.84. The Hall–Kier alpha value is -0.710. The third kappa shape index (κ3) is 4.14. The minimum Gasteiger partial charge on any atom is -0.387 e. The van der Waals surface area contributed by atoms with Crippen molar-refractivity contribution in [3.63, 3.8) is 0 Å². The van der Waals surface area contributed by atoms with Gasteiger partial charge in [0.15, 0.2) is 0 Å². The highest BCUT2D eigenvalue weighted by atomic mass is 32.2. The molecule has 4 unspecified atom stereocenters. The zero-order valence-corrected chi connectivity index (χ0v) is 12.9. The fourth-order valence-corrected chi connectivity index (χ4v) is 4.63. The molecule has 1 saturated carbocycles. The molecule has 2 rings (SSSR count). The van der Waals surface area contributed by atoms with Gasteiger partial charge in [-0.1, -0.05) is 44.0 Å². The lowest BCUT2D eigenvalue weighted by molar-refractivity contribution is 0.202. The summed E-state index contributed by atoms with van der Waals surface area (Å²) >= 11 is 0. The van der Waals surface area contributed by atoms with Gasteiger partial charge in [0.05, 0.1) is 11.9 Å². The average Bonchev–Trinajstić information content (AvgIpc) is 2.47. The van der Waals surface area contributed by atoms with Gasteiger partial charge < -0.3 is 10.8 Å². The lowest BCUT2D eigenvalue weighted by Gasteiger charge is -2.26. The first-order chi connectivity index (χ1) is 9.60. The maximum Gasteiger partial charge on any atom is 0.0905 e. The zero-order valence-electron chi connectivity index (χ0n) is 12.1. The first-order valence-corrected chi connectivity index (χ1v) is 8.82. The van der Waals surface area contributed by atoms with Crippen molar-refractivity contribution in [3.8, 4) is 0 Å². The molecule has 0 radical (unpaired) electrons. The van der Waals surface area contributed by atoms with Crippen LogP contribution in [0.4, 0.5) is 0 Å². The summed E-state index contributed by atoms with van der Waals surface area (Å²) in [5.74, 6) is 1.01. The van der Waals surface area contributed by atoms with Crippen molar-refractivity contribution in [2.75, 3.05) is 5.75 Å². The molecule has 0 aliphatic heterocycles. The van der Waals surface area contributed by atoms with Gasteiger partial charge >= 0.3 is 0 Å². The largest absolute Gasteiger partial charge is 0.387 e. The Morgan fingerprint density at radius 2 is 2.05 bits per heavy atom. The fourth-order valence-electron chi connectivity index (χ4n) is 2.88. The monoisotopic (exact) mass is 295 g/mol. The van der Waals surface area contributed by atoms with Crippen molar-refractivity contribution in [1.29, 1.82) is 0 Å². The lowest BCUT2D eigenvalue weighted by atomic mass is 9.91. The quantitative estimate of drug-likeness (QED) is 0.877. The van der Waals surface area contributed by atoms with E-state index in [1.54, 1.807) is 0 Å². The van der Waals surface area contributed by atoms with Gasteiger partial charge in [0, 0.05) is 22.6 Å². The SMILES string of the molecule is CC1CCCC(S(=O)CC(O)c2ccc(CN)cc2)C1. The van der Waals surface area contributed by atoms with Crippen LogP contribution in [0, 0.1) is 5.92 Å². The molecule has 0 amide bonds. The molecule has 1 fully saturated rings. The van der Waals surface area contributed by atoms with E-state index in [2.05, 4.69) is 6.92 Å². The van der Waals surface area contributed by atoms with E-state index in [0.29, 0.717) is 18.2 Å². The first-order valence-electron chi connectivity index (χ1n) is 7.44. The molecule has 1 aromatic carbocycles. The van der Waals surface area contributed by atoms with Crippen LogP contribution in [0.1, 0.15) is 49.8 Å². The molecule has 112 valence electrons. The van der Waals surface area contributed by atoms with Crippen LogP contribution in [0.2, 0.25) is 0 Å². The van der Waals surface area contributed by atoms with E-state index in [9.17, 15) is 9.32 Å². The fraction of sp³-hybridized carbons (Fsp3) is 0.625. The summed E-state index contributed by atoms with van der Waals surface area (Å²) in [5, 5.41) is 10.5. The maximum atomic E-state index is 12.4. The molecule has 0 spiro atoms. The molecule has 0 heterocycles. The van der Waals surface area contributed by atoms with Crippen molar-refractivity contribution in [1.82, 2.24) is 0 Å². The highest BCUT2D eigenvalue weighted by Crippen LogP contribution is 2.28. The summed E-state index contributed by atoms with van der Waals surface area (Å²) in [7, 11) is -0.940. The molecule has 4 atom stereocenters. The van der Waals surface area contributed by atoms with Crippen molar-refractivity contribution < 1.29 is 9.32 Å². The molecule has 3 N–H and O–H groups in total. The number of aliphatic hydroxyl groups excluding tert-OH is 1. The number of benzene rings is 1. The van der Waals surface area contributed by atoms with Crippen molar-refractivity contribution in [2.45, 2.75) is 50.5 Å². The Kier molecular flexibility index (Phi) is 5.75. The van der Waals surface area contributed by atoms with E-state index in [1.165, 1.54) is 12.8 Å². The highest BCUT2D eigenvalue weighted by molar-refractivity contribution is 7.85. The Bertz CT molecular complexity index is 446. The molecule has 1 aliphatic carbocycles. The van der Waals surface area contributed by atoms with Crippen LogP contribution >= 0.6 is 0 Å². The minimum absolute atomic E-state index is 0.261. The van der Waals surface area contributed by atoms with E-state index in [-0.39, 0.29) is 5.25 Å². The van der Waals surface area contributed by atoms with Crippen LogP contribution in [0.15, 0.2) is 24.3 Å². The predicted molar refractivity (Wildman–Crippen MR) is 83.7 cm³/mol. The van der Waals surface area contributed by atoms with Gasteiger partial charge in [0.25, 0.3) is 0 Å². The Labute approximate surface area is 124 Å². The van der Waals surface area contributed by atoms with E-state index < -0.39 is 16.9 Å². The van der Waals surface area contributed by atoms with Gasteiger partial charge in [-0.15, -0.1) is 0 Å². The molecular weight excluding hydrogens is 270 g/mol. The molecule has 3 nitrogen and oxygen atoms in total. The van der Waals surface area contributed by atoms with Gasteiger partial charge in [-0.2, -0.15) is 0 Å². The molecular formula is C16H25NO2S. The summed E-state index contributed by atoms with van der Waals surface area (Å²) < 4.78 is 12.4. The van der Waals surface area contributed by atoms with Crippen LogP contribution < -0.4 is 5.73 Å². The summed E-state index contributed by atoms with van der Waals surface area (Å²) in [6, 6.07) is 7.61. The van der Waals surface area contributed by atoms with Crippen LogP contribution in [0.5, 0.6) is 0 Å².